The number of ether oxygens (including phenoxy) is 1. The summed E-state index contributed by atoms with van der Waals surface area (Å²) in [6, 6.07) is 12.1. The van der Waals surface area contributed by atoms with Gasteiger partial charge in [-0.3, -0.25) is 4.79 Å². The number of carbonyl (C=O) groups is 1. The third kappa shape index (κ3) is 6.18. The van der Waals surface area contributed by atoms with Gasteiger partial charge in [0.15, 0.2) is 0 Å². The molecule has 1 aliphatic rings. The Bertz CT molecular complexity index is 1370. The molecule has 1 atom stereocenters. The average molecular weight is 550 g/mol. The summed E-state index contributed by atoms with van der Waals surface area (Å²) in [6.45, 7) is 3.33. The Morgan fingerprint density at radius 3 is 2.18 bits per heavy atom. The van der Waals surface area contributed by atoms with Gasteiger partial charge in [-0.1, -0.05) is 37.3 Å². The molecule has 4 rings (SSSR count). The van der Waals surface area contributed by atoms with Gasteiger partial charge in [0.1, 0.15) is 18.1 Å². The summed E-state index contributed by atoms with van der Waals surface area (Å²) in [6.07, 6.45) is -10.4. The first-order chi connectivity index (χ1) is 18.3. The zero-order chi connectivity index (χ0) is 28.5. The summed E-state index contributed by atoms with van der Waals surface area (Å²) in [5.41, 5.74) is -1.70. The molecule has 0 spiro atoms. The van der Waals surface area contributed by atoms with Gasteiger partial charge < -0.3 is 9.84 Å². The van der Waals surface area contributed by atoms with Crippen LogP contribution in [-0.4, -0.2) is 21.7 Å². The zero-order valence-electron chi connectivity index (χ0n) is 20.9. The highest BCUT2D eigenvalue weighted by Gasteiger charge is 2.40. The van der Waals surface area contributed by atoms with Crippen LogP contribution in [0.25, 0.3) is 0 Å². The van der Waals surface area contributed by atoms with E-state index in [4.69, 9.17) is 4.74 Å². The van der Waals surface area contributed by atoms with Crippen LogP contribution in [0.15, 0.2) is 65.8 Å². The molecule has 0 aromatic heterocycles. The highest BCUT2D eigenvalue weighted by atomic mass is 19.4. The lowest BCUT2D eigenvalue weighted by Crippen LogP contribution is -2.27. The number of alkyl halides is 6. The molecular formula is C28H24F6N2O3. The second-order valence-corrected chi connectivity index (χ2v) is 9.13. The number of amides is 1. The molecule has 1 amide bonds. The van der Waals surface area contributed by atoms with Gasteiger partial charge in [0.25, 0.3) is 0 Å². The zero-order valence-corrected chi connectivity index (χ0v) is 20.9. The van der Waals surface area contributed by atoms with Crippen molar-refractivity contribution in [2.75, 3.05) is 0 Å². The Labute approximate surface area is 220 Å². The van der Waals surface area contributed by atoms with Crippen molar-refractivity contribution in [1.29, 1.82) is 0 Å². The number of nitrogens with zero attached hydrogens (tertiary/aromatic N) is 2. The maximum atomic E-state index is 13.5. The van der Waals surface area contributed by atoms with Crippen LogP contribution in [0.5, 0.6) is 11.5 Å². The van der Waals surface area contributed by atoms with Crippen LogP contribution in [0.4, 0.5) is 26.3 Å². The summed E-state index contributed by atoms with van der Waals surface area (Å²) in [5, 5.41) is 16.0. The predicted octanol–water partition coefficient (Wildman–Crippen LogP) is 7.40. The quantitative estimate of drug-likeness (QED) is 0.325. The SMILES string of the molecule is CCC(=O)N1N=C(c2c(O)cc(C)cc2OCc2ccccc2)CC1c1cc(C(F)(F)F)cc(C(F)(F)F)c1. The molecule has 206 valence electrons. The molecule has 11 heteroatoms. The summed E-state index contributed by atoms with van der Waals surface area (Å²) < 4.78 is 87.1. The van der Waals surface area contributed by atoms with Crippen molar-refractivity contribution >= 4 is 11.6 Å². The van der Waals surface area contributed by atoms with Gasteiger partial charge in [0, 0.05) is 12.8 Å². The first kappa shape index (κ1) is 28.0. The molecular weight excluding hydrogens is 526 g/mol. The number of halogens is 6. The monoisotopic (exact) mass is 550 g/mol. The molecule has 0 bridgehead atoms. The summed E-state index contributed by atoms with van der Waals surface area (Å²) >= 11 is 0. The van der Waals surface area contributed by atoms with Gasteiger partial charge in [0.05, 0.1) is 28.4 Å². The molecule has 1 N–H and O–H groups in total. The predicted molar refractivity (Wildman–Crippen MR) is 131 cm³/mol. The number of phenolic OH excluding ortho intramolecular Hbond substituents is 1. The highest BCUT2D eigenvalue weighted by Crippen LogP contribution is 2.43. The molecule has 0 saturated carbocycles. The van der Waals surface area contributed by atoms with Crippen molar-refractivity contribution in [2.45, 2.75) is 51.7 Å². The van der Waals surface area contributed by atoms with Crippen LogP contribution >= 0.6 is 0 Å². The standard InChI is InChI=1S/C28H24F6N2O3/c1-3-25(38)36-22(18-11-19(27(29,30)31)13-20(12-18)28(32,33)34)14-21(35-36)26-23(37)9-16(2)10-24(26)39-15-17-7-5-4-6-8-17/h4-13,22,37H,3,14-15H2,1-2H3. The molecule has 0 saturated heterocycles. The molecule has 1 heterocycles. The summed E-state index contributed by atoms with van der Waals surface area (Å²) in [4.78, 5) is 12.8. The van der Waals surface area contributed by atoms with E-state index in [9.17, 15) is 36.2 Å². The summed E-state index contributed by atoms with van der Waals surface area (Å²) in [5.74, 6) is -0.652. The van der Waals surface area contributed by atoms with Crippen molar-refractivity contribution in [1.82, 2.24) is 5.01 Å². The van der Waals surface area contributed by atoms with Crippen LogP contribution < -0.4 is 4.74 Å². The van der Waals surface area contributed by atoms with Gasteiger partial charge >= 0.3 is 12.4 Å². The number of aryl methyl sites for hydroxylation is 1. The van der Waals surface area contributed by atoms with Gasteiger partial charge in [0.2, 0.25) is 5.91 Å². The van der Waals surface area contributed by atoms with E-state index in [1.54, 1.807) is 13.0 Å². The second-order valence-electron chi connectivity index (χ2n) is 9.13. The smallest absolute Gasteiger partial charge is 0.416 e. The molecule has 3 aromatic carbocycles. The van der Waals surface area contributed by atoms with Crippen LogP contribution in [0, 0.1) is 6.92 Å². The molecule has 39 heavy (non-hydrogen) atoms. The topological polar surface area (TPSA) is 62.1 Å². The van der Waals surface area contributed by atoms with E-state index in [1.165, 1.54) is 13.0 Å². The van der Waals surface area contributed by atoms with Crippen LogP contribution in [0.1, 0.15) is 59.2 Å². The second kappa shape index (κ2) is 10.6. The third-order valence-corrected chi connectivity index (χ3v) is 6.21. The largest absolute Gasteiger partial charge is 0.507 e. The van der Waals surface area contributed by atoms with Gasteiger partial charge in [-0.15, -0.1) is 0 Å². The Balaban J connectivity index is 1.78. The van der Waals surface area contributed by atoms with E-state index in [1.807, 2.05) is 30.3 Å². The minimum absolute atomic E-state index is 0.0352. The average Bonchev–Trinajstić information content (AvgIpc) is 3.31. The Kier molecular flexibility index (Phi) is 7.63. The fraction of sp³-hybridized carbons (Fsp3) is 0.286. The van der Waals surface area contributed by atoms with E-state index >= 15 is 0 Å². The number of hydrogen-bond acceptors (Lipinski definition) is 4. The lowest BCUT2D eigenvalue weighted by molar-refractivity contribution is -0.143. The number of hydrogen-bond donors (Lipinski definition) is 1. The Morgan fingerprint density at radius 2 is 1.62 bits per heavy atom. The first-order valence-electron chi connectivity index (χ1n) is 12.0. The van der Waals surface area contributed by atoms with E-state index < -0.39 is 35.4 Å². The Hall–Kier alpha value is -4.02. The van der Waals surface area contributed by atoms with E-state index in [-0.39, 0.29) is 53.9 Å². The molecule has 0 fully saturated rings. The highest BCUT2D eigenvalue weighted by molar-refractivity contribution is 6.07. The van der Waals surface area contributed by atoms with Gasteiger partial charge in [-0.25, -0.2) is 5.01 Å². The molecule has 0 radical (unpaired) electrons. The van der Waals surface area contributed by atoms with E-state index in [0.29, 0.717) is 17.7 Å². The minimum atomic E-state index is -5.05. The maximum absolute atomic E-state index is 13.5. The van der Waals surface area contributed by atoms with Crippen molar-refractivity contribution < 1.29 is 41.0 Å². The molecule has 1 unspecified atom stereocenters. The molecule has 0 aliphatic carbocycles. The number of rotatable bonds is 6. The van der Waals surface area contributed by atoms with Crippen molar-refractivity contribution in [3.63, 3.8) is 0 Å². The number of benzene rings is 3. The number of aromatic hydroxyl groups is 1. The first-order valence-corrected chi connectivity index (χ1v) is 12.0. The van der Waals surface area contributed by atoms with Crippen LogP contribution in [0.2, 0.25) is 0 Å². The molecule has 3 aromatic rings. The lowest BCUT2D eigenvalue weighted by atomic mass is 9.93. The van der Waals surface area contributed by atoms with Gasteiger partial charge in [-0.2, -0.15) is 31.4 Å². The maximum Gasteiger partial charge on any atom is 0.416 e. The van der Waals surface area contributed by atoms with Gasteiger partial charge in [-0.05, 0) is 53.9 Å². The van der Waals surface area contributed by atoms with Crippen LogP contribution in [-0.2, 0) is 23.8 Å². The van der Waals surface area contributed by atoms with E-state index in [0.717, 1.165) is 10.6 Å². The fourth-order valence-corrected chi connectivity index (χ4v) is 4.36. The molecule has 5 nitrogen and oxygen atoms in total. The van der Waals surface area contributed by atoms with Crippen molar-refractivity contribution in [3.8, 4) is 11.5 Å². The fourth-order valence-electron chi connectivity index (χ4n) is 4.36. The lowest BCUT2D eigenvalue weighted by Gasteiger charge is -2.23. The minimum Gasteiger partial charge on any atom is -0.507 e. The normalized spacial score (nSPS) is 15.8. The number of phenols is 1. The number of hydrazone groups is 1. The summed E-state index contributed by atoms with van der Waals surface area (Å²) in [7, 11) is 0. The Morgan fingerprint density at radius 1 is 1.00 bits per heavy atom. The van der Waals surface area contributed by atoms with Crippen molar-refractivity contribution in [2.24, 2.45) is 5.10 Å². The van der Waals surface area contributed by atoms with Crippen molar-refractivity contribution in [3.05, 3.63) is 94.0 Å². The third-order valence-electron chi connectivity index (χ3n) is 6.21. The van der Waals surface area contributed by atoms with Crippen LogP contribution in [0.3, 0.4) is 0 Å². The van der Waals surface area contributed by atoms with E-state index in [2.05, 4.69) is 5.10 Å². The molecule has 1 aliphatic heterocycles. The number of carbonyl (C=O) groups excluding carboxylic acids is 1.